The number of fused-ring (bicyclic) bond motifs is 8. The van der Waals surface area contributed by atoms with Gasteiger partial charge in [0, 0.05) is 58.6 Å². The summed E-state index contributed by atoms with van der Waals surface area (Å²) < 4.78 is 24.3. The van der Waals surface area contributed by atoms with Crippen LogP contribution in [0.4, 0.5) is 28.4 Å². The van der Waals surface area contributed by atoms with Crippen LogP contribution in [0.5, 0.6) is 23.0 Å². The maximum absolute atomic E-state index is 14.1. The van der Waals surface area contributed by atoms with Gasteiger partial charge in [-0.3, -0.25) is 14.4 Å². The van der Waals surface area contributed by atoms with E-state index in [0.29, 0.717) is 87.8 Å². The van der Waals surface area contributed by atoms with E-state index in [1.165, 1.54) is 7.11 Å². The van der Waals surface area contributed by atoms with Crippen molar-refractivity contribution in [1.29, 1.82) is 0 Å². The largest absolute Gasteiger partial charge is 0.493 e. The Hall–Kier alpha value is -6.36. The third kappa shape index (κ3) is 10.4. The first-order valence-corrected chi connectivity index (χ1v) is 25.9. The minimum atomic E-state index is -1.05. The molecule has 0 radical (unpaired) electrons. The summed E-state index contributed by atoms with van der Waals surface area (Å²) in [7, 11) is 6.54. The fourth-order valence-corrected chi connectivity index (χ4v) is 12.2. The van der Waals surface area contributed by atoms with E-state index in [2.05, 4.69) is 42.8 Å². The summed E-state index contributed by atoms with van der Waals surface area (Å²) in [6.07, 6.45) is 2.50. The minimum absolute atomic E-state index is 0.0331. The van der Waals surface area contributed by atoms with Crippen LogP contribution >= 0.6 is 21.6 Å². The molecule has 0 fully saturated rings. The van der Waals surface area contributed by atoms with Gasteiger partial charge < -0.3 is 54.6 Å². The van der Waals surface area contributed by atoms with Crippen molar-refractivity contribution in [2.24, 2.45) is 0 Å². The zero-order chi connectivity index (χ0) is 49.3. The van der Waals surface area contributed by atoms with Gasteiger partial charge in [-0.1, -0.05) is 64.9 Å². The van der Waals surface area contributed by atoms with Crippen molar-refractivity contribution in [3.8, 4) is 23.0 Å². The van der Waals surface area contributed by atoms with E-state index >= 15 is 0 Å². The number of nitrogens with zero attached hydrogens (tertiary/aromatic N) is 2. The number of methoxy groups -OCH3 is 2. The Labute approximate surface area is 416 Å². The van der Waals surface area contributed by atoms with Crippen molar-refractivity contribution in [3.05, 3.63) is 124 Å². The summed E-state index contributed by atoms with van der Waals surface area (Å²) in [6.45, 7) is 8.67. The van der Waals surface area contributed by atoms with Crippen LogP contribution in [0.25, 0.3) is 0 Å². The Bertz CT molecular complexity index is 2840. The van der Waals surface area contributed by atoms with Crippen LogP contribution in [0.1, 0.15) is 96.3 Å². The lowest BCUT2D eigenvalue weighted by Crippen LogP contribution is -2.45. The second-order valence-electron chi connectivity index (χ2n) is 19.0. The molecular formula is C54H59N5O9S2. The summed E-state index contributed by atoms with van der Waals surface area (Å²) in [6, 6.07) is 27.6. The van der Waals surface area contributed by atoms with Crippen LogP contribution in [-0.2, 0) is 35.6 Å². The van der Waals surface area contributed by atoms with E-state index in [1.807, 2.05) is 65.6 Å². The van der Waals surface area contributed by atoms with E-state index in [-0.39, 0.29) is 53.9 Å². The number of nitrogens with one attached hydrogen (secondary N) is 3. The van der Waals surface area contributed by atoms with Gasteiger partial charge in [-0.2, -0.15) is 0 Å². The predicted octanol–water partition coefficient (Wildman–Crippen LogP) is 9.81. The summed E-state index contributed by atoms with van der Waals surface area (Å²) in [5.74, 6) is 1.19. The number of hydrogen-bond donors (Lipinski definition) is 4. The molecule has 3 amide bonds. The number of hydrogen-bond acceptors (Lipinski definition) is 13. The molecule has 0 aliphatic carbocycles. The highest BCUT2D eigenvalue weighted by Crippen LogP contribution is 2.45. The quantitative estimate of drug-likeness (QED) is 0.0613. The number of ether oxygens (including phenoxy) is 4. The predicted molar refractivity (Wildman–Crippen MR) is 277 cm³/mol. The number of aliphatic hydroxyl groups is 1. The zero-order valence-corrected chi connectivity index (χ0v) is 41.9. The summed E-state index contributed by atoms with van der Waals surface area (Å²) in [4.78, 5) is 56.9. The monoisotopic (exact) mass is 985 g/mol. The van der Waals surface area contributed by atoms with E-state index in [1.54, 1.807) is 64.8 Å². The SMILES string of the molecule is COc1cc2c(cc1OCc1cc(COc3cc4c(cc3OC)C(=O)N3c5ccccc5C[C@H]3C(O)N4)cc(NC(=O)CCC(C)(C)SSC(C)CCC(C)=O)c1)NC[C@@H]1Cc3ccccc3N1C2=O. The normalized spacial score (nSPS) is 18.1. The lowest BCUT2D eigenvalue weighted by atomic mass is 10.1. The molecule has 9 rings (SSSR count). The second kappa shape index (κ2) is 20.5. The van der Waals surface area contributed by atoms with Crippen molar-refractivity contribution in [1.82, 2.24) is 0 Å². The Morgan fingerprint density at radius 3 is 2.01 bits per heavy atom. The smallest absolute Gasteiger partial charge is 0.260 e. The number of ketones is 1. The zero-order valence-electron chi connectivity index (χ0n) is 40.3. The second-order valence-corrected chi connectivity index (χ2v) is 22.3. The number of carbonyl (C=O) groups is 4. The Kier molecular flexibility index (Phi) is 14.3. The number of rotatable bonds is 18. The van der Waals surface area contributed by atoms with Crippen LogP contribution in [-0.4, -0.2) is 77.7 Å². The summed E-state index contributed by atoms with van der Waals surface area (Å²) in [5.41, 5.74) is 7.70. The van der Waals surface area contributed by atoms with Crippen LogP contribution in [0.3, 0.4) is 0 Å². The average Bonchev–Trinajstić information content (AvgIpc) is 3.87. The molecule has 4 heterocycles. The van der Waals surface area contributed by atoms with Gasteiger partial charge in [-0.05, 0) is 111 Å². The first-order chi connectivity index (χ1) is 33.7. The molecule has 0 saturated heterocycles. The van der Waals surface area contributed by atoms with Crippen molar-refractivity contribution in [2.75, 3.05) is 46.5 Å². The summed E-state index contributed by atoms with van der Waals surface area (Å²) >= 11 is 0. The molecule has 5 aromatic rings. The van der Waals surface area contributed by atoms with Gasteiger partial charge in [-0.25, -0.2) is 0 Å². The number of benzene rings is 5. The molecule has 4 aliphatic heterocycles. The molecule has 0 aromatic heterocycles. The molecule has 4 aliphatic rings. The molecular weight excluding hydrogens is 927 g/mol. The Morgan fingerprint density at radius 2 is 1.37 bits per heavy atom. The highest BCUT2D eigenvalue weighted by Gasteiger charge is 2.42. The number of amides is 3. The lowest BCUT2D eigenvalue weighted by Gasteiger charge is -2.26. The van der Waals surface area contributed by atoms with Gasteiger partial charge >= 0.3 is 0 Å². The highest BCUT2D eigenvalue weighted by atomic mass is 33.1. The Balaban J connectivity index is 0.948. The number of Topliss-reactive ketones (excluding diaryl/α,β-unsaturated/α-hetero) is 1. The molecule has 4 atom stereocenters. The maximum atomic E-state index is 14.1. The highest BCUT2D eigenvalue weighted by molar-refractivity contribution is 8.77. The molecule has 16 heteroatoms. The van der Waals surface area contributed by atoms with Gasteiger partial charge in [0.2, 0.25) is 5.91 Å². The lowest BCUT2D eigenvalue weighted by molar-refractivity contribution is -0.117. The molecule has 366 valence electrons. The van der Waals surface area contributed by atoms with Gasteiger partial charge in [0.25, 0.3) is 11.8 Å². The number of para-hydroxylation sites is 2. The van der Waals surface area contributed by atoms with Crippen LogP contribution in [0, 0.1) is 0 Å². The molecule has 14 nitrogen and oxygen atoms in total. The topological polar surface area (TPSA) is 168 Å². The first kappa shape index (κ1) is 48.7. The molecule has 4 N–H and O–H groups in total. The Morgan fingerprint density at radius 1 is 0.786 bits per heavy atom. The van der Waals surface area contributed by atoms with E-state index in [0.717, 1.165) is 40.9 Å². The van der Waals surface area contributed by atoms with Crippen molar-refractivity contribution >= 4 is 73.5 Å². The number of anilines is 5. The molecule has 5 aromatic carbocycles. The fourth-order valence-electron chi connectivity index (χ4n) is 9.52. The maximum Gasteiger partial charge on any atom is 0.260 e. The molecule has 2 unspecified atom stereocenters. The molecule has 70 heavy (non-hydrogen) atoms. The van der Waals surface area contributed by atoms with Crippen LogP contribution in [0.2, 0.25) is 0 Å². The van der Waals surface area contributed by atoms with E-state index in [4.69, 9.17) is 18.9 Å². The van der Waals surface area contributed by atoms with Gasteiger partial charge in [0.05, 0.1) is 48.8 Å². The standard InChI is InChI=1S/C54H59N5O9S2/c1-31(60)15-16-32(2)69-70-54(3,4)18-17-50(61)56-37-20-33(29-67-48-26-41-39(24-46(48)65-5)52(63)58-38(28-55-41)22-35-11-7-9-13-43(35)58)19-34(21-37)30-68-49-27-42-40(25-47(49)66-6)53(64)59-44-14-10-8-12-36(44)23-45(59)51(62)57-42/h7-14,19-21,24-27,32,38,45,51,55,57,62H,15-18,22-23,28-30H2,1-6H3,(H,56,61)/t32?,38-,45-,51?/m0/s1. The third-order valence-electron chi connectivity index (χ3n) is 13.2. The summed E-state index contributed by atoms with van der Waals surface area (Å²) in [5, 5.41) is 21.4. The van der Waals surface area contributed by atoms with E-state index < -0.39 is 12.3 Å². The minimum Gasteiger partial charge on any atom is -0.493 e. The van der Waals surface area contributed by atoms with Crippen molar-refractivity contribution in [2.45, 2.75) is 108 Å². The van der Waals surface area contributed by atoms with Crippen molar-refractivity contribution < 1.29 is 43.2 Å². The van der Waals surface area contributed by atoms with Crippen LogP contribution in [0.15, 0.2) is 91.0 Å². The van der Waals surface area contributed by atoms with E-state index in [9.17, 15) is 24.3 Å². The first-order valence-electron chi connectivity index (χ1n) is 23.7. The van der Waals surface area contributed by atoms with Crippen molar-refractivity contribution in [3.63, 3.8) is 0 Å². The molecule has 0 bridgehead atoms. The third-order valence-corrected chi connectivity index (χ3v) is 17.1. The van der Waals surface area contributed by atoms with Gasteiger partial charge in [0.15, 0.2) is 23.0 Å². The molecule has 0 saturated carbocycles. The number of carbonyl (C=O) groups excluding carboxylic acids is 4. The average molecular weight is 986 g/mol. The van der Waals surface area contributed by atoms with Gasteiger partial charge in [-0.15, -0.1) is 0 Å². The van der Waals surface area contributed by atoms with Crippen LogP contribution < -0.4 is 44.7 Å². The van der Waals surface area contributed by atoms with Gasteiger partial charge in [0.1, 0.15) is 25.2 Å². The fraction of sp³-hybridized carbons (Fsp3) is 0.370. The molecule has 0 spiro atoms. The number of aliphatic hydroxyl groups excluding tert-OH is 1.